The van der Waals surface area contributed by atoms with E-state index in [1.165, 1.54) is 6.26 Å². The van der Waals surface area contributed by atoms with E-state index in [1.54, 1.807) is 0 Å². The molecule has 100 valence electrons. The Morgan fingerprint density at radius 3 is 2.83 bits per heavy atom. The lowest BCUT2D eigenvalue weighted by atomic mass is 9.96. The number of rotatable bonds is 6. The molecule has 0 aliphatic heterocycles. The number of hydrogen-bond donors (Lipinski definition) is 2. The van der Waals surface area contributed by atoms with Crippen molar-refractivity contribution in [2.75, 3.05) is 13.2 Å². The van der Waals surface area contributed by atoms with Gasteiger partial charge in [0.15, 0.2) is 0 Å². The van der Waals surface area contributed by atoms with Crippen molar-refractivity contribution >= 4 is 5.91 Å². The summed E-state index contributed by atoms with van der Waals surface area (Å²) in [5.74, 6) is 0.590. The van der Waals surface area contributed by atoms with Gasteiger partial charge in [-0.25, -0.2) is 4.98 Å². The van der Waals surface area contributed by atoms with Crippen LogP contribution in [-0.4, -0.2) is 34.2 Å². The minimum Gasteiger partial charge on any atom is -0.502 e. The van der Waals surface area contributed by atoms with Crippen molar-refractivity contribution in [2.45, 2.75) is 32.6 Å². The van der Waals surface area contributed by atoms with E-state index >= 15 is 0 Å². The maximum atomic E-state index is 11.7. The first-order valence-corrected chi connectivity index (χ1v) is 5.88. The van der Waals surface area contributed by atoms with Gasteiger partial charge in [0.2, 0.25) is 5.82 Å². The van der Waals surface area contributed by atoms with Gasteiger partial charge in [-0.15, -0.1) is 5.10 Å². The molecule has 0 saturated carbocycles. The second kappa shape index (κ2) is 6.18. The normalized spacial score (nSPS) is 11.1. The number of hydrogen-bond acceptors (Lipinski definition) is 4. The molecule has 0 unspecified atom stereocenters. The fourth-order valence-electron chi connectivity index (χ4n) is 1.22. The maximum absolute atomic E-state index is 11.7. The molecule has 0 aromatic carbocycles. The van der Waals surface area contributed by atoms with Crippen LogP contribution < -0.4 is 5.32 Å². The molecule has 0 aliphatic rings. The molecule has 1 aromatic rings. The highest BCUT2D eigenvalue weighted by atomic mass is 16.5. The van der Waals surface area contributed by atoms with Gasteiger partial charge in [0, 0.05) is 12.0 Å². The Hall–Kier alpha value is -1.85. The highest BCUT2D eigenvalue weighted by Gasteiger charge is 2.20. The first-order valence-electron chi connectivity index (χ1n) is 5.88. The molecule has 0 atom stereocenters. The molecule has 1 aromatic heterocycles. The van der Waals surface area contributed by atoms with Gasteiger partial charge in [0.05, 0.1) is 12.9 Å². The summed E-state index contributed by atoms with van der Waals surface area (Å²) in [6.07, 6.45) is 2.10. The molecule has 0 spiro atoms. The Kier molecular flexibility index (Phi) is 4.88. The molecule has 0 radical (unpaired) electrons. The third-order valence-corrected chi connectivity index (χ3v) is 2.24. The van der Waals surface area contributed by atoms with E-state index in [0.29, 0.717) is 25.4 Å². The zero-order chi connectivity index (χ0) is 13.6. The summed E-state index contributed by atoms with van der Waals surface area (Å²) in [7, 11) is 0. The first-order chi connectivity index (χ1) is 8.45. The smallest absolute Gasteiger partial charge is 0.290 e. The summed E-state index contributed by atoms with van der Waals surface area (Å²) in [5, 5.41) is 9.40. The molecule has 0 saturated heterocycles. The van der Waals surface area contributed by atoms with Crippen LogP contribution in [0.25, 0.3) is 0 Å². The molecule has 1 heterocycles. The van der Waals surface area contributed by atoms with Crippen molar-refractivity contribution in [3.8, 4) is 0 Å². The highest BCUT2D eigenvalue weighted by Crippen LogP contribution is 2.17. The third kappa shape index (κ3) is 4.20. The van der Waals surface area contributed by atoms with E-state index in [0.717, 1.165) is 0 Å². The van der Waals surface area contributed by atoms with Crippen LogP contribution >= 0.6 is 0 Å². The molecule has 1 rings (SSSR count). The predicted molar refractivity (Wildman–Crippen MR) is 68.2 cm³/mol. The minimum absolute atomic E-state index is 0.149. The van der Waals surface area contributed by atoms with Crippen molar-refractivity contribution in [2.24, 2.45) is 0 Å². The monoisotopic (exact) mass is 252 g/mol. The lowest BCUT2D eigenvalue weighted by molar-refractivity contribution is 0.0940. The number of ether oxygens (including phenoxy) is 1. The fourth-order valence-corrected chi connectivity index (χ4v) is 1.22. The van der Waals surface area contributed by atoms with Crippen molar-refractivity contribution in [1.29, 1.82) is 0 Å². The summed E-state index contributed by atoms with van der Waals surface area (Å²) >= 11 is 0. The quantitative estimate of drug-likeness (QED) is 0.592. The fraction of sp³-hybridized carbons (Fsp3) is 0.583. The van der Waals surface area contributed by atoms with Gasteiger partial charge in [-0.05, 0) is 6.42 Å². The van der Waals surface area contributed by atoms with Crippen molar-refractivity contribution in [3.63, 3.8) is 0 Å². The van der Waals surface area contributed by atoms with Gasteiger partial charge in [0.25, 0.3) is 5.91 Å². The van der Waals surface area contributed by atoms with Gasteiger partial charge in [-0.1, -0.05) is 27.4 Å². The Morgan fingerprint density at radius 2 is 2.28 bits per heavy atom. The van der Waals surface area contributed by atoms with E-state index in [2.05, 4.69) is 27.1 Å². The number of aromatic amines is 1. The van der Waals surface area contributed by atoms with E-state index in [9.17, 15) is 4.79 Å². The molecule has 18 heavy (non-hydrogen) atoms. The lowest BCUT2D eigenvalue weighted by Gasteiger charge is -2.12. The van der Waals surface area contributed by atoms with Crippen LogP contribution in [0.15, 0.2) is 12.8 Å². The van der Waals surface area contributed by atoms with Crippen molar-refractivity contribution in [1.82, 2.24) is 20.5 Å². The SMILES string of the molecule is C=COCCCNC(=O)c1n[nH]c(C(C)(C)C)n1. The second-order valence-electron chi connectivity index (χ2n) is 4.90. The zero-order valence-corrected chi connectivity index (χ0v) is 11.1. The summed E-state index contributed by atoms with van der Waals surface area (Å²) in [5.41, 5.74) is -0.149. The number of nitrogens with zero attached hydrogens (tertiary/aromatic N) is 2. The number of H-pyrrole nitrogens is 1. The number of amides is 1. The largest absolute Gasteiger partial charge is 0.502 e. The molecular weight excluding hydrogens is 232 g/mol. The van der Waals surface area contributed by atoms with Gasteiger partial charge < -0.3 is 10.1 Å². The van der Waals surface area contributed by atoms with Crippen molar-refractivity contribution < 1.29 is 9.53 Å². The second-order valence-corrected chi connectivity index (χ2v) is 4.90. The summed E-state index contributed by atoms with van der Waals surface area (Å²) in [6.45, 7) is 10.5. The third-order valence-electron chi connectivity index (χ3n) is 2.24. The Morgan fingerprint density at radius 1 is 1.56 bits per heavy atom. The topological polar surface area (TPSA) is 79.9 Å². The maximum Gasteiger partial charge on any atom is 0.290 e. The number of carbonyl (C=O) groups excluding carboxylic acids is 1. The van der Waals surface area contributed by atoms with Crippen LogP contribution in [0.2, 0.25) is 0 Å². The number of aromatic nitrogens is 3. The van der Waals surface area contributed by atoms with Gasteiger partial charge in [-0.3, -0.25) is 9.89 Å². The Labute approximate surface area is 107 Å². The average molecular weight is 252 g/mol. The molecule has 0 aliphatic carbocycles. The van der Waals surface area contributed by atoms with Crippen LogP contribution in [-0.2, 0) is 10.2 Å². The summed E-state index contributed by atoms with van der Waals surface area (Å²) < 4.78 is 4.94. The van der Waals surface area contributed by atoms with Crippen LogP contribution in [0.5, 0.6) is 0 Å². The average Bonchev–Trinajstić information content (AvgIpc) is 2.77. The molecule has 6 heteroatoms. The Bertz CT molecular complexity index is 406. The van der Waals surface area contributed by atoms with E-state index in [-0.39, 0.29) is 17.1 Å². The lowest BCUT2D eigenvalue weighted by Crippen LogP contribution is -2.26. The predicted octanol–water partition coefficient (Wildman–Crippen LogP) is 1.38. The van der Waals surface area contributed by atoms with Gasteiger partial charge in [0.1, 0.15) is 5.82 Å². The van der Waals surface area contributed by atoms with Gasteiger partial charge >= 0.3 is 0 Å². The molecule has 1 amide bonds. The molecule has 2 N–H and O–H groups in total. The molecule has 0 fully saturated rings. The number of nitrogens with one attached hydrogen (secondary N) is 2. The number of carbonyl (C=O) groups is 1. The van der Waals surface area contributed by atoms with Crippen LogP contribution in [0.3, 0.4) is 0 Å². The van der Waals surface area contributed by atoms with Crippen LogP contribution in [0, 0.1) is 0 Å². The van der Waals surface area contributed by atoms with E-state index in [1.807, 2.05) is 20.8 Å². The molecular formula is C12H20N4O2. The summed E-state index contributed by atoms with van der Waals surface area (Å²) in [6, 6.07) is 0. The minimum atomic E-state index is -0.277. The molecule has 0 bridgehead atoms. The molecule has 6 nitrogen and oxygen atoms in total. The van der Waals surface area contributed by atoms with E-state index in [4.69, 9.17) is 4.74 Å². The Balaban J connectivity index is 2.42. The first kappa shape index (κ1) is 14.2. The van der Waals surface area contributed by atoms with Crippen LogP contribution in [0.4, 0.5) is 0 Å². The highest BCUT2D eigenvalue weighted by molar-refractivity contribution is 5.90. The van der Waals surface area contributed by atoms with Crippen LogP contribution in [0.1, 0.15) is 43.6 Å². The zero-order valence-electron chi connectivity index (χ0n) is 11.1. The van der Waals surface area contributed by atoms with E-state index < -0.39 is 0 Å². The van der Waals surface area contributed by atoms with Gasteiger partial charge in [-0.2, -0.15) is 0 Å². The van der Waals surface area contributed by atoms with Crippen molar-refractivity contribution in [3.05, 3.63) is 24.5 Å². The summed E-state index contributed by atoms with van der Waals surface area (Å²) in [4.78, 5) is 15.9. The standard InChI is InChI=1S/C12H20N4O2/c1-5-18-8-6-7-13-10(17)9-14-11(16-15-9)12(2,3)4/h5H,1,6-8H2,2-4H3,(H,13,17)(H,14,15,16).